The number of nitrogen functional groups attached to an aromatic ring is 1. The molecule has 0 bridgehead atoms. The predicted molar refractivity (Wildman–Crippen MR) is 77.9 cm³/mol. The van der Waals surface area contributed by atoms with Crippen molar-refractivity contribution in [3.63, 3.8) is 0 Å². The molecule has 20 heavy (non-hydrogen) atoms. The summed E-state index contributed by atoms with van der Waals surface area (Å²) in [5.74, 6) is -0.961. The topological polar surface area (TPSA) is 55.1 Å². The molecular formula is C16H17FN2O. The zero-order chi connectivity index (χ0) is 14.7. The van der Waals surface area contributed by atoms with E-state index in [9.17, 15) is 9.18 Å². The third-order valence-electron chi connectivity index (χ3n) is 3.19. The number of nitrogens with one attached hydrogen (secondary N) is 1. The van der Waals surface area contributed by atoms with Gasteiger partial charge in [-0.3, -0.25) is 4.79 Å². The zero-order valence-electron chi connectivity index (χ0n) is 11.5. The first-order valence-corrected chi connectivity index (χ1v) is 6.40. The van der Waals surface area contributed by atoms with Crippen molar-refractivity contribution in [3.05, 3.63) is 65.0 Å². The standard InChI is InChI=1S/C16H17FN2O/c1-10-5-3-6-12(9-10)11(2)19-16(20)13-7-4-8-14(17)15(13)18/h3-9,11H,18H2,1-2H3,(H,19,20)/t11-/m0/s1. The quantitative estimate of drug-likeness (QED) is 0.843. The van der Waals surface area contributed by atoms with Crippen molar-refractivity contribution >= 4 is 11.6 Å². The van der Waals surface area contributed by atoms with Crippen LogP contribution in [0.2, 0.25) is 0 Å². The Bertz CT molecular complexity index is 640. The predicted octanol–water partition coefficient (Wildman–Crippen LogP) is 3.21. The van der Waals surface area contributed by atoms with Crippen molar-refractivity contribution in [2.75, 3.05) is 5.73 Å². The van der Waals surface area contributed by atoms with Crippen LogP contribution in [0.15, 0.2) is 42.5 Å². The van der Waals surface area contributed by atoms with E-state index in [1.165, 1.54) is 18.2 Å². The Kier molecular flexibility index (Phi) is 4.03. The van der Waals surface area contributed by atoms with Gasteiger partial charge in [0.05, 0.1) is 17.3 Å². The Morgan fingerprint density at radius 1 is 1.25 bits per heavy atom. The van der Waals surface area contributed by atoms with Gasteiger partial charge in [-0.2, -0.15) is 0 Å². The first kappa shape index (κ1) is 14.1. The second-order valence-electron chi connectivity index (χ2n) is 4.81. The molecule has 4 heteroatoms. The van der Waals surface area contributed by atoms with Crippen molar-refractivity contribution in [2.45, 2.75) is 19.9 Å². The van der Waals surface area contributed by atoms with Crippen LogP contribution < -0.4 is 11.1 Å². The molecule has 0 aliphatic carbocycles. The minimum atomic E-state index is -0.583. The number of carbonyl (C=O) groups excluding carboxylic acids is 1. The number of hydrogen-bond donors (Lipinski definition) is 2. The summed E-state index contributed by atoms with van der Waals surface area (Å²) in [5, 5.41) is 2.82. The van der Waals surface area contributed by atoms with Crippen molar-refractivity contribution in [3.8, 4) is 0 Å². The third kappa shape index (κ3) is 2.96. The van der Waals surface area contributed by atoms with E-state index in [1.807, 2.05) is 38.1 Å². The SMILES string of the molecule is Cc1cccc([C@H](C)NC(=O)c2cccc(F)c2N)c1. The maximum Gasteiger partial charge on any atom is 0.253 e. The van der Waals surface area contributed by atoms with E-state index in [4.69, 9.17) is 5.73 Å². The highest BCUT2D eigenvalue weighted by molar-refractivity contribution is 5.99. The molecule has 104 valence electrons. The van der Waals surface area contributed by atoms with Crippen LogP contribution in [0, 0.1) is 12.7 Å². The first-order chi connectivity index (χ1) is 9.49. The summed E-state index contributed by atoms with van der Waals surface area (Å²) >= 11 is 0. The van der Waals surface area contributed by atoms with Gasteiger partial charge < -0.3 is 11.1 Å². The summed E-state index contributed by atoms with van der Waals surface area (Å²) < 4.78 is 13.3. The molecule has 0 aliphatic heterocycles. The lowest BCUT2D eigenvalue weighted by Crippen LogP contribution is -2.27. The van der Waals surface area contributed by atoms with E-state index in [1.54, 1.807) is 0 Å². The third-order valence-corrected chi connectivity index (χ3v) is 3.19. The molecule has 2 aromatic carbocycles. The Labute approximate surface area is 117 Å². The lowest BCUT2D eigenvalue weighted by Gasteiger charge is -2.16. The van der Waals surface area contributed by atoms with Crippen molar-refractivity contribution in [2.24, 2.45) is 0 Å². The molecule has 2 rings (SSSR count). The van der Waals surface area contributed by atoms with Crippen molar-refractivity contribution in [1.29, 1.82) is 0 Å². The fourth-order valence-corrected chi connectivity index (χ4v) is 2.03. The van der Waals surface area contributed by atoms with Gasteiger partial charge >= 0.3 is 0 Å². The summed E-state index contributed by atoms with van der Waals surface area (Å²) in [4.78, 5) is 12.1. The smallest absolute Gasteiger partial charge is 0.253 e. The number of amides is 1. The average molecular weight is 272 g/mol. The number of anilines is 1. The van der Waals surface area contributed by atoms with E-state index >= 15 is 0 Å². The van der Waals surface area contributed by atoms with E-state index in [0.29, 0.717) is 0 Å². The second kappa shape index (κ2) is 5.74. The summed E-state index contributed by atoms with van der Waals surface area (Å²) in [6.45, 7) is 3.87. The summed E-state index contributed by atoms with van der Waals surface area (Å²) in [5.41, 5.74) is 7.73. The minimum absolute atomic E-state index is 0.124. The molecule has 2 aromatic rings. The van der Waals surface area contributed by atoms with Crippen LogP contribution >= 0.6 is 0 Å². The van der Waals surface area contributed by atoms with E-state index in [2.05, 4.69) is 5.32 Å². The molecule has 0 radical (unpaired) electrons. The number of carbonyl (C=O) groups is 1. The van der Waals surface area contributed by atoms with Crippen LogP contribution in [-0.2, 0) is 0 Å². The van der Waals surface area contributed by atoms with E-state index in [0.717, 1.165) is 11.1 Å². The summed E-state index contributed by atoms with van der Waals surface area (Å²) in [6, 6.07) is 11.9. The molecular weight excluding hydrogens is 255 g/mol. The Hall–Kier alpha value is -2.36. The fourth-order valence-electron chi connectivity index (χ4n) is 2.03. The largest absolute Gasteiger partial charge is 0.396 e. The van der Waals surface area contributed by atoms with Crippen molar-refractivity contribution < 1.29 is 9.18 Å². The van der Waals surface area contributed by atoms with Gasteiger partial charge in [0.25, 0.3) is 5.91 Å². The van der Waals surface area contributed by atoms with Crippen molar-refractivity contribution in [1.82, 2.24) is 5.32 Å². The van der Waals surface area contributed by atoms with Crippen LogP contribution in [0.4, 0.5) is 10.1 Å². The molecule has 0 saturated heterocycles. The van der Waals surface area contributed by atoms with E-state index < -0.39 is 5.82 Å². The van der Waals surface area contributed by atoms with Gasteiger partial charge in [0.2, 0.25) is 0 Å². The van der Waals surface area contributed by atoms with Crippen LogP contribution in [-0.4, -0.2) is 5.91 Å². The minimum Gasteiger partial charge on any atom is -0.396 e. The number of hydrogen-bond acceptors (Lipinski definition) is 2. The number of halogens is 1. The highest BCUT2D eigenvalue weighted by Gasteiger charge is 2.15. The van der Waals surface area contributed by atoms with Crippen LogP contribution in [0.1, 0.15) is 34.5 Å². The fraction of sp³-hybridized carbons (Fsp3) is 0.188. The number of aryl methyl sites for hydroxylation is 1. The van der Waals surface area contributed by atoms with Crippen LogP contribution in [0.5, 0.6) is 0 Å². The highest BCUT2D eigenvalue weighted by Crippen LogP contribution is 2.18. The highest BCUT2D eigenvalue weighted by atomic mass is 19.1. The lowest BCUT2D eigenvalue weighted by molar-refractivity contribution is 0.0940. The van der Waals surface area contributed by atoms with Crippen LogP contribution in [0.3, 0.4) is 0 Å². The summed E-state index contributed by atoms with van der Waals surface area (Å²) in [6.07, 6.45) is 0. The molecule has 3 N–H and O–H groups in total. The Morgan fingerprint density at radius 2 is 1.95 bits per heavy atom. The van der Waals surface area contributed by atoms with Gasteiger partial charge in [0, 0.05) is 0 Å². The zero-order valence-corrected chi connectivity index (χ0v) is 11.5. The molecule has 0 aromatic heterocycles. The average Bonchev–Trinajstić information content (AvgIpc) is 2.41. The molecule has 0 fully saturated rings. The molecule has 0 spiro atoms. The number of benzene rings is 2. The maximum atomic E-state index is 13.3. The van der Waals surface area contributed by atoms with Gasteiger partial charge in [0.1, 0.15) is 5.82 Å². The summed E-state index contributed by atoms with van der Waals surface area (Å²) in [7, 11) is 0. The molecule has 1 amide bonds. The normalized spacial score (nSPS) is 11.9. The molecule has 0 saturated carbocycles. The molecule has 0 heterocycles. The number of nitrogens with two attached hydrogens (primary N) is 1. The monoisotopic (exact) mass is 272 g/mol. The number of para-hydroxylation sites is 1. The van der Waals surface area contributed by atoms with Gasteiger partial charge in [-0.25, -0.2) is 4.39 Å². The molecule has 3 nitrogen and oxygen atoms in total. The van der Waals surface area contributed by atoms with Gasteiger partial charge in [0.15, 0.2) is 0 Å². The van der Waals surface area contributed by atoms with Gasteiger partial charge in [-0.1, -0.05) is 35.9 Å². The molecule has 0 aliphatic rings. The maximum absolute atomic E-state index is 13.3. The number of rotatable bonds is 3. The Balaban J connectivity index is 2.17. The first-order valence-electron chi connectivity index (χ1n) is 6.40. The van der Waals surface area contributed by atoms with E-state index in [-0.39, 0.29) is 23.2 Å². The van der Waals surface area contributed by atoms with Gasteiger partial charge in [-0.05, 0) is 31.5 Å². The van der Waals surface area contributed by atoms with Crippen LogP contribution in [0.25, 0.3) is 0 Å². The van der Waals surface area contributed by atoms with Gasteiger partial charge in [-0.15, -0.1) is 0 Å². The molecule has 1 atom stereocenters. The second-order valence-corrected chi connectivity index (χ2v) is 4.81. The Morgan fingerprint density at radius 3 is 2.65 bits per heavy atom. The molecule has 0 unspecified atom stereocenters. The lowest BCUT2D eigenvalue weighted by atomic mass is 10.0.